The van der Waals surface area contributed by atoms with E-state index in [1.54, 1.807) is 0 Å². The molecule has 0 radical (unpaired) electrons. The summed E-state index contributed by atoms with van der Waals surface area (Å²) < 4.78 is 0. The summed E-state index contributed by atoms with van der Waals surface area (Å²) in [5.41, 5.74) is 7.84. The molecule has 9 heavy (non-hydrogen) atoms. The molecule has 1 amide bonds. The number of nitrogens with zero attached hydrogens (tertiary/aromatic N) is 2. The fourth-order valence-corrected chi connectivity index (χ4v) is 0.346. The van der Waals surface area contributed by atoms with E-state index in [1.165, 1.54) is 0 Å². The smallest absolute Gasteiger partial charge is 0.344 e. The van der Waals surface area contributed by atoms with Crippen molar-refractivity contribution in [1.82, 2.24) is 5.32 Å². The third-order valence-corrected chi connectivity index (χ3v) is 0.724. The van der Waals surface area contributed by atoms with E-state index in [-0.39, 0.29) is 5.91 Å². The van der Waals surface area contributed by atoms with Crippen LogP contribution >= 0.6 is 0 Å². The first-order valence-electron chi connectivity index (χ1n) is 2.76. The maximum Gasteiger partial charge on any atom is 0.344 e. The predicted molar refractivity (Wildman–Crippen MR) is 33.0 cm³/mol. The molecule has 0 aromatic rings. The summed E-state index contributed by atoms with van der Waals surface area (Å²) in [4.78, 5) is 12.9. The summed E-state index contributed by atoms with van der Waals surface area (Å²) in [6.45, 7) is 2.56. The third kappa shape index (κ3) is 4.71. The molecule has 0 aromatic heterocycles. The Morgan fingerprint density at radius 2 is 2.56 bits per heavy atom. The van der Waals surface area contributed by atoms with Gasteiger partial charge in [0.15, 0.2) is 0 Å². The fourth-order valence-electron chi connectivity index (χ4n) is 0.346. The molecule has 0 spiro atoms. The molecule has 50 valence electrons. The van der Waals surface area contributed by atoms with Crippen molar-refractivity contribution in [1.29, 1.82) is 0 Å². The zero-order valence-electron chi connectivity index (χ0n) is 5.29. The first kappa shape index (κ1) is 7.85. The van der Waals surface area contributed by atoms with Crippen LogP contribution in [0.25, 0.3) is 5.53 Å². The molecule has 0 atom stereocenters. The van der Waals surface area contributed by atoms with E-state index >= 15 is 0 Å². The summed E-state index contributed by atoms with van der Waals surface area (Å²) >= 11 is 0. The van der Waals surface area contributed by atoms with Crippen LogP contribution in [0.1, 0.15) is 13.3 Å². The quantitative estimate of drug-likeness (QED) is 0.319. The molecule has 0 aliphatic rings. The summed E-state index contributed by atoms with van der Waals surface area (Å²) in [6, 6.07) is 0. The van der Waals surface area contributed by atoms with Gasteiger partial charge in [-0.15, -0.1) is 0 Å². The van der Waals surface area contributed by atoms with Crippen molar-refractivity contribution >= 4 is 12.1 Å². The van der Waals surface area contributed by atoms with Crippen LogP contribution in [0.3, 0.4) is 0 Å². The van der Waals surface area contributed by atoms with Crippen LogP contribution in [0.5, 0.6) is 0 Å². The standard InChI is InChI=1S/C5H9N3O/c1-2-3-7-5(9)4-8-6/h4H,2-3H2,1H3,(H,7,9). The highest BCUT2D eigenvalue weighted by Crippen LogP contribution is 1.67. The monoisotopic (exact) mass is 127 g/mol. The minimum atomic E-state index is -0.362. The average Bonchev–Trinajstić information content (AvgIpc) is 1.85. The molecule has 0 rings (SSSR count). The van der Waals surface area contributed by atoms with Gasteiger partial charge in [-0.3, -0.25) is 4.79 Å². The van der Waals surface area contributed by atoms with E-state index in [4.69, 9.17) is 5.53 Å². The summed E-state index contributed by atoms with van der Waals surface area (Å²) in [6.07, 6.45) is 1.71. The molecule has 0 aromatic carbocycles. The molecular formula is C5H9N3O. The van der Waals surface area contributed by atoms with Crippen LogP contribution in [-0.2, 0) is 4.79 Å². The van der Waals surface area contributed by atoms with Gasteiger partial charge in [0, 0.05) is 6.54 Å². The molecule has 0 unspecified atom stereocenters. The van der Waals surface area contributed by atoms with E-state index in [0.717, 1.165) is 12.6 Å². The van der Waals surface area contributed by atoms with E-state index in [9.17, 15) is 4.79 Å². The summed E-state index contributed by atoms with van der Waals surface area (Å²) in [7, 11) is 0. The molecule has 1 N–H and O–H groups in total. The van der Waals surface area contributed by atoms with Crippen LogP contribution in [0.2, 0.25) is 0 Å². The lowest BCUT2D eigenvalue weighted by atomic mass is 10.5. The first-order chi connectivity index (χ1) is 4.31. The van der Waals surface area contributed by atoms with Gasteiger partial charge < -0.3 is 10.8 Å². The lowest BCUT2D eigenvalue weighted by Gasteiger charge is -1.91. The van der Waals surface area contributed by atoms with Gasteiger partial charge >= 0.3 is 12.1 Å². The van der Waals surface area contributed by atoms with Gasteiger partial charge in [-0.2, -0.15) is 4.79 Å². The lowest BCUT2D eigenvalue weighted by molar-refractivity contribution is -0.117. The van der Waals surface area contributed by atoms with Gasteiger partial charge in [0.2, 0.25) is 0 Å². The Morgan fingerprint density at radius 3 is 3.00 bits per heavy atom. The lowest BCUT2D eigenvalue weighted by Crippen LogP contribution is -2.24. The van der Waals surface area contributed by atoms with Gasteiger partial charge in [0.25, 0.3) is 0 Å². The normalized spacial score (nSPS) is 7.67. The second-order valence-electron chi connectivity index (χ2n) is 1.54. The minimum absolute atomic E-state index is 0.362. The Hall–Kier alpha value is -1.15. The zero-order chi connectivity index (χ0) is 7.11. The second kappa shape index (κ2) is 5.00. The maximum absolute atomic E-state index is 10.4. The minimum Gasteiger partial charge on any atom is -0.361 e. The van der Waals surface area contributed by atoms with Crippen molar-refractivity contribution in [3.8, 4) is 0 Å². The fraction of sp³-hybridized carbons (Fsp3) is 0.600. The van der Waals surface area contributed by atoms with Gasteiger partial charge in [0.05, 0.1) is 0 Å². The zero-order valence-corrected chi connectivity index (χ0v) is 5.29. The van der Waals surface area contributed by atoms with Gasteiger partial charge in [-0.1, -0.05) is 6.92 Å². The first-order valence-corrected chi connectivity index (χ1v) is 2.76. The number of amides is 1. The van der Waals surface area contributed by atoms with Crippen molar-refractivity contribution in [2.45, 2.75) is 13.3 Å². The number of rotatable bonds is 3. The van der Waals surface area contributed by atoms with Crippen LogP contribution < -0.4 is 5.32 Å². The van der Waals surface area contributed by atoms with E-state index in [0.29, 0.717) is 6.54 Å². The Bertz CT molecular complexity index is 137. The highest BCUT2D eigenvalue weighted by Gasteiger charge is 1.96. The Kier molecular flexibility index (Phi) is 4.36. The summed E-state index contributed by atoms with van der Waals surface area (Å²) in [5, 5.41) is 2.48. The maximum atomic E-state index is 10.4. The van der Waals surface area contributed by atoms with Crippen LogP contribution in [0.15, 0.2) is 0 Å². The molecule has 0 saturated heterocycles. The van der Waals surface area contributed by atoms with Gasteiger partial charge in [0.1, 0.15) is 0 Å². The topological polar surface area (TPSA) is 65.5 Å². The number of nitrogens with one attached hydrogen (secondary N) is 1. The largest absolute Gasteiger partial charge is 0.361 e. The van der Waals surface area contributed by atoms with Crippen LogP contribution in [-0.4, -0.2) is 23.5 Å². The average molecular weight is 127 g/mol. The highest BCUT2D eigenvalue weighted by molar-refractivity contribution is 6.23. The Morgan fingerprint density at radius 1 is 1.89 bits per heavy atom. The van der Waals surface area contributed by atoms with Crippen LogP contribution in [0.4, 0.5) is 0 Å². The number of hydrogen-bond donors (Lipinski definition) is 1. The number of hydrogen-bond acceptors (Lipinski definition) is 1. The highest BCUT2D eigenvalue weighted by atomic mass is 16.1. The molecule has 0 heterocycles. The molecule has 0 saturated carbocycles. The van der Waals surface area contributed by atoms with E-state index < -0.39 is 0 Å². The molecule has 0 fully saturated rings. The van der Waals surface area contributed by atoms with E-state index in [2.05, 4.69) is 10.1 Å². The van der Waals surface area contributed by atoms with Crippen molar-refractivity contribution in [3.05, 3.63) is 5.53 Å². The third-order valence-electron chi connectivity index (χ3n) is 0.724. The van der Waals surface area contributed by atoms with Crippen molar-refractivity contribution < 1.29 is 9.58 Å². The molecule has 4 heteroatoms. The van der Waals surface area contributed by atoms with Gasteiger partial charge in [-0.05, 0) is 6.42 Å². The van der Waals surface area contributed by atoms with Crippen LogP contribution in [0, 0.1) is 0 Å². The Labute approximate surface area is 53.5 Å². The predicted octanol–water partition coefficient (Wildman–Crippen LogP) is -0.187. The number of carbonyl (C=O) groups excluding carboxylic acids is 1. The Balaban J connectivity index is 3.39. The molecule has 0 bridgehead atoms. The van der Waals surface area contributed by atoms with E-state index in [1.807, 2.05) is 6.92 Å². The molecule has 4 nitrogen and oxygen atoms in total. The van der Waals surface area contributed by atoms with Crippen molar-refractivity contribution in [3.63, 3.8) is 0 Å². The van der Waals surface area contributed by atoms with Crippen molar-refractivity contribution in [2.24, 2.45) is 0 Å². The number of carbonyl (C=O) groups is 1. The SMILES string of the molecule is CCCNC(=O)C=[N+]=[N-]. The summed E-state index contributed by atoms with van der Waals surface area (Å²) in [5.74, 6) is -0.362. The molecule has 0 aliphatic carbocycles. The molecular weight excluding hydrogens is 118 g/mol. The van der Waals surface area contributed by atoms with Crippen molar-refractivity contribution in [2.75, 3.05) is 6.54 Å². The second-order valence-corrected chi connectivity index (χ2v) is 1.54. The van der Waals surface area contributed by atoms with Gasteiger partial charge in [-0.25, -0.2) is 0 Å². The molecule has 0 aliphatic heterocycles.